The molecule has 3 nitrogen and oxygen atoms in total. The van der Waals surface area contributed by atoms with E-state index in [2.05, 4.69) is 0 Å². The number of rotatable bonds is 2. The van der Waals surface area contributed by atoms with Gasteiger partial charge in [-0.15, -0.1) is 0 Å². The van der Waals surface area contributed by atoms with E-state index in [1.54, 1.807) is 0 Å². The fraction of sp³-hybridized carbons (Fsp3) is 0.929. The van der Waals surface area contributed by atoms with Crippen LogP contribution >= 0.6 is 0 Å². The first-order valence-electron chi connectivity index (χ1n) is 7.45. The molecule has 9 heteroatoms. The van der Waals surface area contributed by atoms with E-state index in [1.807, 2.05) is 0 Å². The lowest BCUT2D eigenvalue weighted by Crippen LogP contribution is -2.65. The second-order valence-corrected chi connectivity index (χ2v) is 7.20. The average Bonchev–Trinajstić information content (AvgIpc) is 2.32. The number of ether oxygens (including phenoxy) is 1. The second-order valence-electron chi connectivity index (χ2n) is 7.20. The van der Waals surface area contributed by atoms with Crippen LogP contribution in [0, 0.1) is 17.8 Å². The Kier molecular flexibility index (Phi) is 3.49. The Labute approximate surface area is 128 Å². The Morgan fingerprint density at radius 3 is 1.52 bits per heavy atom. The molecule has 4 saturated carbocycles. The van der Waals surface area contributed by atoms with Gasteiger partial charge in [0.15, 0.2) is 0 Å². The Morgan fingerprint density at radius 2 is 1.22 bits per heavy atom. The van der Waals surface area contributed by atoms with E-state index in [0.717, 1.165) is 19.3 Å². The summed E-state index contributed by atoms with van der Waals surface area (Å²) >= 11 is 0. The fourth-order valence-corrected chi connectivity index (χ4v) is 4.82. The third-order valence-corrected chi connectivity index (χ3v) is 5.41. The molecule has 1 N–H and O–H groups in total. The molecule has 0 unspecified atom stereocenters. The van der Waals surface area contributed by atoms with Crippen molar-refractivity contribution < 1.29 is 41.0 Å². The van der Waals surface area contributed by atoms with Gasteiger partial charge in [0.2, 0.25) is 0 Å². The van der Waals surface area contributed by atoms with Crippen LogP contribution in [-0.2, 0) is 9.53 Å². The highest BCUT2D eigenvalue weighted by Gasteiger charge is 2.77. The summed E-state index contributed by atoms with van der Waals surface area (Å²) in [5.74, 6) is -2.16. The standard InChI is InChI=1S/C14H16F6O3/c15-13(16,17)12(22,14(18,19)20)10(21)23-11-4-7-1-8(5-11)3-9(2-7)6-11/h7-9,22H,1-6H2. The third kappa shape index (κ3) is 2.51. The molecule has 132 valence electrons. The van der Waals surface area contributed by atoms with Crippen molar-refractivity contribution in [3.63, 3.8) is 0 Å². The van der Waals surface area contributed by atoms with Crippen molar-refractivity contribution in [2.75, 3.05) is 0 Å². The van der Waals surface area contributed by atoms with Gasteiger partial charge in [0.25, 0.3) is 0 Å². The summed E-state index contributed by atoms with van der Waals surface area (Å²) in [7, 11) is 0. The minimum absolute atomic E-state index is 0.166. The predicted molar refractivity (Wildman–Crippen MR) is 64.1 cm³/mol. The Bertz CT molecular complexity index is 460. The lowest BCUT2D eigenvalue weighted by Gasteiger charge is -2.56. The summed E-state index contributed by atoms with van der Waals surface area (Å²) in [5.41, 5.74) is -6.78. The first kappa shape index (κ1) is 16.9. The van der Waals surface area contributed by atoms with E-state index in [1.165, 1.54) is 0 Å². The number of hydrogen-bond acceptors (Lipinski definition) is 3. The van der Waals surface area contributed by atoms with Gasteiger partial charge in [-0.2, -0.15) is 26.3 Å². The highest BCUT2D eigenvalue weighted by atomic mass is 19.4. The van der Waals surface area contributed by atoms with Crippen LogP contribution in [0.3, 0.4) is 0 Å². The fourth-order valence-electron chi connectivity index (χ4n) is 4.82. The molecule has 0 aromatic carbocycles. The van der Waals surface area contributed by atoms with Gasteiger partial charge in [-0.1, -0.05) is 0 Å². The number of aliphatic hydroxyl groups is 1. The van der Waals surface area contributed by atoms with Crippen molar-refractivity contribution in [1.82, 2.24) is 0 Å². The summed E-state index contributed by atoms with van der Waals surface area (Å²) < 4.78 is 81.2. The van der Waals surface area contributed by atoms with Gasteiger partial charge >= 0.3 is 23.9 Å². The number of carbonyl (C=O) groups is 1. The lowest BCUT2D eigenvalue weighted by atomic mass is 9.54. The maximum Gasteiger partial charge on any atom is 0.437 e. The minimum atomic E-state index is -6.19. The minimum Gasteiger partial charge on any atom is -0.456 e. The molecule has 4 aliphatic rings. The van der Waals surface area contributed by atoms with Crippen LogP contribution in [-0.4, -0.2) is 34.6 Å². The van der Waals surface area contributed by atoms with Crippen LogP contribution in [0.1, 0.15) is 38.5 Å². The van der Waals surface area contributed by atoms with Gasteiger partial charge in [-0.05, 0) is 56.3 Å². The molecule has 4 rings (SSSR count). The van der Waals surface area contributed by atoms with Crippen LogP contribution in [0.15, 0.2) is 0 Å². The van der Waals surface area contributed by atoms with E-state index in [-0.39, 0.29) is 37.0 Å². The topological polar surface area (TPSA) is 46.5 Å². The summed E-state index contributed by atoms with van der Waals surface area (Å²) in [5, 5.41) is 9.13. The molecule has 4 bridgehead atoms. The Morgan fingerprint density at radius 1 is 0.870 bits per heavy atom. The number of alkyl halides is 6. The Hall–Kier alpha value is -0.990. The van der Waals surface area contributed by atoms with Gasteiger partial charge in [-0.25, -0.2) is 4.79 Å². The van der Waals surface area contributed by atoms with Gasteiger partial charge in [0.05, 0.1) is 0 Å². The van der Waals surface area contributed by atoms with Crippen molar-refractivity contribution >= 4 is 5.97 Å². The van der Waals surface area contributed by atoms with Crippen LogP contribution in [0.4, 0.5) is 26.3 Å². The van der Waals surface area contributed by atoms with Crippen molar-refractivity contribution in [2.24, 2.45) is 17.8 Å². The number of esters is 1. The summed E-state index contributed by atoms with van der Waals surface area (Å²) in [6, 6.07) is 0. The maximum atomic E-state index is 12.7. The largest absolute Gasteiger partial charge is 0.456 e. The van der Waals surface area contributed by atoms with Crippen LogP contribution in [0.5, 0.6) is 0 Å². The quantitative estimate of drug-likeness (QED) is 0.616. The highest BCUT2D eigenvalue weighted by molar-refractivity contribution is 5.82. The first-order valence-corrected chi connectivity index (χ1v) is 7.45. The molecule has 0 radical (unpaired) electrons. The van der Waals surface area contributed by atoms with Crippen molar-refractivity contribution in [1.29, 1.82) is 0 Å². The van der Waals surface area contributed by atoms with Crippen LogP contribution in [0.25, 0.3) is 0 Å². The van der Waals surface area contributed by atoms with Gasteiger partial charge in [-0.3, -0.25) is 0 Å². The van der Waals surface area contributed by atoms with Crippen molar-refractivity contribution in [2.45, 2.75) is 62.1 Å². The lowest BCUT2D eigenvalue weighted by molar-refractivity contribution is -0.360. The van der Waals surface area contributed by atoms with E-state index in [0.29, 0.717) is 0 Å². The molecule has 0 amide bonds. The van der Waals surface area contributed by atoms with Crippen LogP contribution < -0.4 is 0 Å². The molecule has 23 heavy (non-hydrogen) atoms. The van der Waals surface area contributed by atoms with E-state index < -0.39 is 29.5 Å². The summed E-state index contributed by atoms with van der Waals surface area (Å²) in [6.45, 7) is 0. The first-order chi connectivity index (χ1) is 10.4. The molecule has 0 aliphatic heterocycles. The zero-order valence-corrected chi connectivity index (χ0v) is 12.0. The van der Waals surface area contributed by atoms with Crippen molar-refractivity contribution in [3.8, 4) is 0 Å². The van der Waals surface area contributed by atoms with Gasteiger partial charge in [0.1, 0.15) is 5.60 Å². The molecule has 0 aromatic heterocycles. The number of carbonyl (C=O) groups excluding carboxylic acids is 1. The number of halogens is 6. The molecule has 0 saturated heterocycles. The highest BCUT2D eigenvalue weighted by Crippen LogP contribution is 2.58. The monoisotopic (exact) mass is 346 g/mol. The number of hydrogen-bond donors (Lipinski definition) is 1. The van der Waals surface area contributed by atoms with E-state index >= 15 is 0 Å². The molecule has 0 atom stereocenters. The summed E-state index contributed by atoms with van der Waals surface area (Å²) in [6.07, 6.45) is -8.93. The molecule has 4 fully saturated rings. The SMILES string of the molecule is O=C(OC12CC3CC(CC(C3)C1)C2)C(O)(C(F)(F)F)C(F)(F)F. The van der Waals surface area contributed by atoms with E-state index in [4.69, 9.17) is 9.84 Å². The van der Waals surface area contributed by atoms with Crippen LogP contribution in [0.2, 0.25) is 0 Å². The molecule has 0 aromatic rings. The molecular formula is C14H16F6O3. The van der Waals surface area contributed by atoms with E-state index in [9.17, 15) is 31.1 Å². The normalized spacial score (nSPS) is 37.1. The summed E-state index contributed by atoms with van der Waals surface area (Å²) in [4.78, 5) is 11.7. The predicted octanol–water partition coefficient (Wildman–Crippen LogP) is 3.35. The zero-order valence-electron chi connectivity index (χ0n) is 12.0. The molecular weight excluding hydrogens is 330 g/mol. The molecule has 4 aliphatic carbocycles. The second kappa shape index (κ2) is 4.77. The van der Waals surface area contributed by atoms with Crippen molar-refractivity contribution in [3.05, 3.63) is 0 Å². The molecule has 0 spiro atoms. The maximum absolute atomic E-state index is 12.7. The molecule has 0 heterocycles. The average molecular weight is 346 g/mol. The Balaban J connectivity index is 1.86. The van der Waals surface area contributed by atoms with Gasteiger partial charge < -0.3 is 9.84 Å². The zero-order chi connectivity index (χ0) is 17.3. The smallest absolute Gasteiger partial charge is 0.437 e. The van der Waals surface area contributed by atoms with Gasteiger partial charge in [0, 0.05) is 0 Å². The third-order valence-electron chi connectivity index (χ3n) is 5.41.